The summed E-state index contributed by atoms with van der Waals surface area (Å²) in [4.78, 5) is 0. The Kier molecular flexibility index (Phi) is 6.24. The van der Waals surface area contributed by atoms with Gasteiger partial charge in [-0.2, -0.15) is 0 Å². The molecule has 0 saturated carbocycles. The summed E-state index contributed by atoms with van der Waals surface area (Å²) in [6.07, 6.45) is -5.43. The Hall–Kier alpha value is -5.20. The molecular weight excluding hydrogens is 552 g/mol. The van der Waals surface area contributed by atoms with E-state index in [1.165, 1.54) is 42.5 Å². The van der Waals surface area contributed by atoms with Gasteiger partial charge < -0.3 is 60.5 Å². The molecule has 12 nitrogen and oxygen atoms in total. The van der Waals surface area contributed by atoms with Crippen molar-refractivity contribution in [3.05, 3.63) is 82.4 Å². The molecule has 0 radical (unpaired) electrons. The molecule has 0 amide bonds. The number of rotatable bonds is 3. The second kappa shape index (κ2) is 9.72. The van der Waals surface area contributed by atoms with Crippen LogP contribution in [-0.2, 0) is 6.42 Å². The minimum absolute atomic E-state index is 0.0312. The highest BCUT2D eigenvalue weighted by Crippen LogP contribution is 2.57. The van der Waals surface area contributed by atoms with E-state index in [1.54, 1.807) is 0 Å². The van der Waals surface area contributed by atoms with Crippen molar-refractivity contribution in [3.63, 3.8) is 0 Å². The SMILES string of the molecule is Oc1cc(O)c2c(c1)O[C@H](c1ccc(O)c(O)c1)[C@H](O)C2c1c(O)cc(O)c2c1O[C@H](c1ccc(O)c(O)c1)[C@H](O)C2. The molecule has 2 heterocycles. The lowest BCUT2D eigenvalue weighted by molar-refractivity contribution is 0.00115. The second-order valence-electron chi connectivity index (χ2n) is 10.3. The van der Waals surface area contributed by atoms with Gasteiger partial charge >= 0.3 is 0 Å². The van der Waals surface area contributed by atoms with Gasteiger partial charge in [-0.1, -0.05) is 12.1 Å². The Morgan fingerprint density at radius 1 is 0.548 bits per heavy atom. The Bertz CT molecular complexity index is 1720. The maximum Gasteiger partial charge on any atom is 0.157 e. The molecule has 2 aliphatic rings. The van der Waals surface area contributed by atoms with E-state index in [4.69, 9.17) is 9.47 Å². The first kappa shape index (κ1) is 27.0. The summed E-state index contributed by atoms with van der Waals surface area (Å²) in [7, 11) is 0. The van der Waals surface area contributed by atoms with Crippen LogP contribution in [0, 0.1) is 0 Å². The lowest BCUT2D eigenvalue weighted by atomic mass is 9.77. The predicted molar refractivity (Wildman–Crippen MR) is 143 cm³/mol. The van der Waals surface area contributed by atoms with Crippen molar-refractivity contribution in [1.82, 2.24) is 0 Å². The van der Waals surface area contributed by atoms with Crippen LogP contribution in [-0.4, -0.2) is 63.3 Å². The average molecular weight is 579 g/mol. The molecule has 0 aliphatic carbocycles. The Balaban J connectivity index is 1.55. The number of phenols is 8. The van der Waals surface area contributed by atoms with Gasteiger partial charge in [-0.3, -0.25) is 0 Å². The summed E-state index contributed by atoms with van der Waals surface area (Å²) in [6, 6.07) is 10.8. The van der Waals surface area contributed by atoms with Gasteiger partial charge in [-0.05, 0) is 35.4 Å². The largest absolute Gasteiger partial charge is 0.508 e. The molecule has 4 aromatic rings. The van der Waals surface area contributed by atoms with Crippen LogP contribution in [0.25, 0.3) is 0 Å². The summed E-state index contributed by atoms with van der Waals surface area (Å²) < 4.78 is 12.1. The highest BCUT2D eigenvalue weighted by atomic mass is 16.5. The first-order valence-electron chi connectivity index (χ1n) is 12.8. The number of aromatic hydroxyl groups is 8. The molecule has 12 heteroatoms. The average Bonchev–Trinajstić information content (AvgIpc) is 2.93. The van der Waals surface area contributed by atoms with Gasteiger partial charge in [0.1, 0.15) is 46.7 Å². The van der Waals surface area contributed by atoms with Gasteiger partial charge in [-0.15, -0.1) is 0 Å². The Morgan fingerprint density at radius 2 is 1.14 bits per heavy atom. The number of benzene rings is 4. The number of aliphatic hydroxyl groups excluding tert-OH is 2. The van der Waals surface area contributed by atoms with Crippen LogP contribution in [0.5, 0.6) is 57.5 Å². The van der Waals surface area contributed by atoms with Crippen LogP contribution in [0.4, 0.5) is 0 Å². The normalized spacial score (nSPS) is 22.9. The van der Waals surface area contributed by atoms with E-state index < -0.39 is 70.6 Å². The minimum Gasteiger partial charge on any atom is -0.508 e. The van der Waals surface area contributed by atoms with Crippen molar-refractivity contribution in [2.45, 2.75) is 36.8 Å². The molecule has 0 aromatic heterocycles. The third kappa shape index (κ3) is 4.24. The third-order valence-electron chi connectivity index (χ3n) is 7.67. The molecule has 6 rings (SSSR count). The zero-order chi connectivity index (χ0) is 30.0. The Morgan fingerprint density at radius 3 is 1.76 bits per heavy atom. The van der Waals surface area contributed by atoms with Gasteiger partial charge in [0, 0.05) is 41.3 Å². The highest BCUT2D eigenvalue weighted by Gasteiger charge is 2.46. The number of ether oxygens (including phenoxy) is 2. The van der Waals surface area contributed by atoms with Gasteiger partial charge in [0.2, 0.25) is 0 Å². The maximum absolute atomic E-state index is 11.8. The van der Waals surface area contributed by atoms with Crippen LogP contribution >= 0.6 is 0 Å². The van der Waals surface area contributed by atoms with Crippen molar-refractivity contribution in [2.24, 2.45) is 0 Å². The molecule has 5 atom stereocenters. The van der Waals surface area contributed by atoms with Crippen LogP contribution in [0.3, 0.4) is 0 Å². The van der Waals surface area contributed by atoms with Crippen LogP contribution < -0.4 is 9.47 Å². The minimum atomic E-state index is -1.59. The quantitative estimate of drug-likeness (QED) is 0.159. The molecule has 1 unspecified atom stereocenters. The van der Waals surface area contributed by atoms with Crippen molar-refractivity contribution in [3.8, 4) is 57.5 Å². The fourth-order valence-corrected chi connectivity index (χ4v) is 5.71. The standard InChI is InChI=1S/C30H26O12/c31-13-7-20(37)24-23(8-13)41-29(12-2-4-16(33)19(36)6-12)27(40)26(24)25-21(38)10-17(34)14-9-22(39)28(42-30(14)25)11-1-3-15(32)18(35)5-11/h1-8,10,22,26-29,31-40H,9H2/t22-,26?,27-,28-,29-/m1/s1. The molecular formula is C30H26O12. The molecule has 42 heavy (non-hydrogen) atoms. The summed E-state index contributed by atoms with van der Waals surface area (Å²) in [5.41, 5.74) is 0.435. The van der Waals surface area contributed by atoms with Crippen molar-refractivity contribution < 1.29 is 60.5 Å². The van der Waals surface area contributed by atoms with Crippen LogP contribution in [0.15, 0.2) is 54.6 Å². The molecule has 0 saturated heterocycles. The monoisotopic (exact) mass is 578 g/mol. The first-order chi connectivity index (χ1) is 19.9. The summed E-state index contributed by atoms with van der Waals surface area (Å²) in [6.45, 7) is 0. The van der Waals surface area contributed by atoms with Crippen molar-refractivity contribution in [1.29, 1.82) is 0 Å². The molecule has 0 bridgehead atoms. The fraction of sp³-hybridized carbons (Fsp3) is 0.200. The summed E-state index contributed by atoms with van der Waals surface area (Å²) in [5.74, 6) is -5.08. The number of hydrogen-bond acceptors (Lipinski definition) is 12. The fourth-order valence-electron chi connectivity index (χ4n) is 5.71. The van der Waals surface area contributed by atoms with E-state index in [0.29, 0.717) is 0 Å². The molecule has 0 fully saturated rings. The summed E-state index contributed by atoms with van der Waals surface area (Å²) in [5, 5.41) is 105. The lowest BCUT2D eigenvalue weighted by Gasteiger charge is -2.40. The zero-order valence-electron chi connectivity index (χ0n) is 21.6. The number of hydrogen-bond donors (Lipinski definition) is 10. The molecule has 0 spiro atoms. The summed E-state index contributed by atoms with van der Waals surface area (Å²) >= 11 is 0. The number of phenolic OH excluding ortho intramolecular Hbond substituents is 8. The van der Waals surface area contributed by atoms with Crippen molar-refractivity contribution in [2.75, 3.05) is 0 Å². The predicted octanol–water partition coefficient (Wildman–Crippen LogP) is 3.00. The number of aliphatic hydroxyl groups is 2. The van der Waals surface area contributed by atoms with E-state index in [1.807, 2.05) is 0 Å². The molecule has 10 N–H and O–H groups in total. The third-order valence-corrected chi connectivity index (χ3v) is 7.67. The first-order valence-corrected chi connectivity index (χ1v) is 12.8. The maximum atomic E-state index is 11.8. The van der Waals surface area contributed by atoms with E-state index in [2.05, 4.69) is 0 Å². The van der Waals surface area contributed by atoms with Crippen LogP contribution in [0.2, 0.25) is 0 Å². The topological polar surface area (TPSA) is 221 Å². The lowest BCUT2D eigenvalue weighted by Crippen LogP contribution is -2.36. The number of fused-ring (bicyclic) bond motifs is 2. The molecule has 218 valence electrons. The second-order valence-corrected chi connectivity index (χ2v) is 10.3. The zero-order valence-corrected chi connectivity index (χ0v) is 21.6. The van der Waals surface area contributed by atoms with E-state index >= 15 is 0 Å². The van der Waals surface area contributed by atoms with Gasteiger partial charge in [-0.25, -0.2) is 0 Å². The smallest absolute Gasteiger partial charge is 0.157 e. The van der Waals surface area contributed by atoms with E-state index in [-0.39, 0.29) is 51.5 Å². The van der Waals surface area contributed by atoms with Gasteiger partial charge in [0.05, 0.1) is 12.0 Å². The highest BCUT2D eigenvalue weighted by molar-refractivity contribution is 5.65. The van der Waals surface area contributed by atoms with Crippen LogP contribution in [0.1, 0.15) is 45.9 Å². The molecule has 4 aromatic carbocycles. The van der Waals surface area contributed by atoms with Gasteiger partial charge in [0.15, 0.2) is 29.1 Å². The Labute approximate surface area is 237 Å². The van der Waals surface area contributed by atoms with Gasteiger partial charge in [0.25, 0.3) is 0 Å². The molecule has 2 aliphatic heterocycles. The van der Waals surface area contributed by atoms with E-state index in [9.17, 15) is 51.1 Å². The van der Waals surface area contributed by atoms with Crippen molar-refractivity contribution >= 4 is 0 Å². The van der Waals surface area contributed by atoms with E-state index in [0.717, 1.165) is 12.1 Å².